The zero-order valence-electron chi connectivity index (χ0n) is 10.6. The van der Waals surface area contributed by atoms with Crippen LogP contribution in [0.5, 0.6) is 11.5 Å². The summed E-state index contributed by atoms with van der Waals surface area (Å²) in [4.78, 5) is 11.8. The van der Waals surface area contributed by atoms with E-state index in [1.165, 1.54) is 13.2 Å². The fourth-order valence-electron chi connectivity index (χ4n) is 1.48. The minimum atomic E-state index is -0.229. The summed E-state index contributed by atoms with van der Waals surface area (Å²) in [7, 11) is 1.46. The summed E-state index contributed by atoms with van der Waals surface area (Å²) in [5.74, 6) is 0.0696. The van der Waals surface area contributed by atoms with E-state index in [-0.39, 0.29) is 17.0 Å². The van der Waals surface area contributed by atoms with Crippen LogP contribution >= 0.6 is 11.6 Å². The summed E-state index contributed by atoms with van der Waals surface area (Å²) in [6, 6.07) is 4.54. The number of ether oxygens (including phenoxy) is 1. The third-order valence-electron chi connectivity index (χ3n) is 2.63. The monoisotopic (exact) mass is 271 g/mol. The Labute approximate surface area is 112 Å². The normalized spacial score (nSPS) is 11.9. The molecule has 0 saturated carbocycles. The lowest BCUT2D eigenvalue weighted by Gasteiger charge is -2.09. The Morgan fingerprint density at radius 1 is 1.56 bits per heavy atom. The molecule has 1 unspecified atom stereocenters. The molecule has 18 heavy (non-hydrogen) atoms. The first-order chi connectivity index (χ1) is 8.58. The molecule has 1 amide bonds. The summed E-state index contributed by atoms with van der Waals surface area (Å²) in [6.07, 6.45) is 1.60. The molecule has 1 rings (SSSR count). The molecule has 1 aromatic rings. The highest BCUT2D eigenvalue weighted by atomic mass is 35.5. The highest BCUT2D eigenvalue weighted by molar-refractivity contribution is 6.20. The number of methoxy groups -OCH3 is 1. The molecule has 4 nitrogen and oxygen atoms in total. The Morgan fingerprint density at radius 2 is 2.28 bits per heavy atom. The van der Waals surface area contributed by atoms with Gasteiger partial charge in [0.05, 0.1) is 7.11 Å². The number of rotatable bonds is 6. The number of carbonyl (C=O) groups excluding carboxylic acids is 1. The van der Waals surface area contributed by atoms with E-state index in [2.05, 4.69) is 5.32 Å². The quantitative estimate of drug-likeness (QED) is 0.782. The van der Waals surface area contributed by atoms with Crippen LogP contribution < -0.4 is 10.1 Å². The van der Waals surface area contributed by atoms with Crippen LogP contribution in [0.4, 0.5) is 0 Å². The molecule has 1 aromatic carbocycles. The standard InChI is InChI=1S/C13H18ClNO3/c1-3-10(14)6-7-15-13(17)9-4-5-12(18-2)11(16)8-9/h4-5,8,10,16H,3,6-7H2,1-2H3,(H,15,17). The fourth-order valence-corrected chi connectivity index (χ4v) is 1.59. The third kappa shape index (κ3) is 4.11. The Kier molecular flexibility index (Phi) is 5.78. The number of amides is 1. The van der Waals surface area contributed by atoms with E-state index < -0.39 is 0 Å². The maximum absolute atomic E-state index is 11.8. The number of benzene rings is 1. The van der Waals surface area contributed by atoms with Crippen molar-refractivity contribution in [1.82, 2.24) is 5.32 Å². The van der Waals surface area contributed by atoms with Gasteiger partial charge >= 0.3 is 0 Å². The van der Waals surface area contributed by atoms with Gasteiger partial charge in [0.2, 0.25) is 0 Å². The van der Waals surface area contributed by atoms with Gasteiger partial charge in [-0.2, -0.15) is 0 Å². The fraction of sp³-hybridized carbons (Fsp3) is 0.462. The van der Waals surface area contributed by atoms with Gasteiger partial charge in [-0.25, -0.2) is 0 Å². The smallest absolute Gasteiger partial charge is 0.251 e. The number of hydrogen-bond acceptors (Lipinski definition) is 3. The lowest BCUT2D eigenvalue weighted by Crippen LogP contribution is -2.26. The Morgan fingerprint density at radius 3 is 2.83 bits per heavy atom. The van der Waals surface area contributed by atoms with Gasteiger partial charge in [0.15, 0.2) is 11.5 Å². The Hall–Kier alpha value is -1.42. The van der Waals surface area contributed by atoms with E-state index in [1.807, 2.05) is 6.92 Å². The molecule has 0 aliphatic heterocycles. The van der Waals surface area contributed by atoms with Crippen LogP contribution in [0.1, 0.15) is 30.1 Å². The Balaban J connectivity index is 2.54. The van der Waals surface area contributed by atoms with Gasteiger partial charge in [-0.1, -0.05) is 6.92 Å². The molecule has 5 heteroatoms. The van der Waals surface area contributed by atoms with Gasteiger partial charge in [0.25, 0.3) is 5.91 Å². The van der Waals surface area contributed by atoms with Gasteiger partial charge in [0.1, 0.15) is 0 Å². The van der Waals surface area contributed by atoms with Crippen LogP contribution in [0, 0.1) is 0 Å². The molecule has 0 saturated heterocycles. The average Bonchev–Trinajstić information content (AvgIpc) is 2.38. The van der Waals surface area contributed by atoms with Gasteiger partial charge in [-0.05, 0) is 31.0 Å². The van der Waals surface area contributed by atoms with Crippen molar-refractivity contribution in [2.45, 2.75) is 25.1 Å². The highest BCUT2D eigenvalue weighted by Gasteiger charge is 2.09. The first-order valence-corrected chi connectivity index (χ1v) is 6.31. The highest BCUT2D eigenvalue weighted by Crippen LogP contribution is 2.26. The number of nitrogens with one attached hydrogen (secondary N) is 1. The van der Waals surface area contributed by atoms with Crippen LogP contribution in [0.25, 0.3) is 0 Å². The van der Waals surface area contributed by atoms with Crippen molar-refractivity contribution in [2.24, 2.45) is 0 Å². The molecule has 0 aliphatic rings. The average molecular weight is 272 g/mol. The number of phenols is 1. The number of carbonyl (C=O) groups is 1. The minimum absolute atomic E-state index is 0.0473. The van der Waals surface area contributed by atoms with Crippen molar-refractivity contribution in [3.8, 4) is 11.5 Å². The predicted octanol–water partition coefficient (Wildman–Crippen LogP) is 2.54. The van der Waals surface area contributed by atoms with Crippen molar-refractivity contribution in [3.05, 3.63) is 23.8 Å². The second kappa shape index (κ2) is 7.11. The number of alkyl halides is 1. The van der Waals surface area contributed by atoms with Crippen molar-refractivity contribution in [2.75, 3.05) is 13.7 Å². The van der Waals surface area contributed by atoms with E-state index in [0.717, 1.165) is 12.8 Å². The molecule has 100 valence electrons. The van der Waals surface area contributed by atoms with Gasteiger partial charge in [0, 0.05) is 17.5 Å². The molecule has 0 heterocycles. The maximum atomic E-state index is 11.8. The van der Waals surface area contributed by atoms with Crippen LogP contribution in [0.2, 0.25) is 0 Å². The van der Waals surface area contributed by atoms with Crippen molar-refractivity contribution >= 4 is 17.5 Å². The molecule has 0 aliphatic carbocycles. The maximum Gasteiger partial charge on any atom is 0.251 e. The third-order valence-corrected chi connectivity index (χ3v) is 3.15. The number of aromatic hydroxyl groups is 1. The van der Waals surface area contributed by atoms with E-state index in [9.17, 15) is 9.90 Å². The molecule has 0 spiro atoms. The lowest BCUT2D eigenvalue weighted by molar-refractivity contribution is 0.0952. The summed E-state index contributed by atoms with van der Waals surface area (Å²) < 4.78 is 4.91. The van der Waals surface area contributed by atoms with Crippen molar-refractivity contribution < 1.29 is 14.6 Å². The van der Waals surface area contributed by atoms with Crippen LogP contribution in [0.3, 0.4) is 0 Å². The first-order valence-electron chi connectivity index (χ1n) is 5.87. The number of hydrogen-bond donors (Lipinski definition) is 2. The largest absolute Gasteiger partial charge is 0.504 e. The summed E-state index contributed by atoms with van der Waals surface area (Å²) in [6.45, 7) is 2.52. The molecular weight excluding hydrogens is 254 g/mol. The van der Waals surface area contributed by atoms with Crippen molar-refractivity contribution in [1.29, 1.82) is 0 Å². The van der Waals surface area contributed by atoms with E-state index >= 15 is 0 Å². The molecule has 0 radical (unpaired) electrons. The number of phenolic OH excluding ortho intramolecular Hbond substituents is 1. The molecule has 1 atom stereocenters. The van der Waals surface area contributed by atoms with Crippen LogP contribution in [0.15, 0.2) is 18.2 Å². The summed E-state index contributed by atoms with van der Waals surface area (Å²) >= 11 is 5.95. The Bertz CT molecular complexity index is 409. The molecule has 0 bridgehead atoms. The second-order valence-electron chi connectivity index (χ2n) is 3.94. The molecule has 0 aromatic heterocycles. The van der Waals surface area contributed by atoms with Gasteiger partial charge < -0.3 is 15.2 Å². The van der Waals surface area contributed by atoms with E-state index in [0.29, 0.717) is 17.9 Å². The minimum Gasteiger partial charge on any atom is -0.504 e. The lowest BCUT2D eigenvalue weighted by atomic mass is 10.2. The first kappa shape index (κ1) is 14.6. The van der Waals surface area contributed by atoms with E-state index in [4.69, 9.17) is 16.3 Å². The van der Waals surface area contributed by atoms with Gasteiger partial charge in [-0.15, -0.1) is 11.6 Å². The van der Waals surface area contributed by atoms with Crippen molar-refractivity contribution in [3.63, 3.8) is 0 Å². The molecule has 0 fully saturated rings. The topological polar surface area (TPSA) is 58.6 Å². The zero-order chi connectivity index (χ0) is 13.5. The second-order valence-corrected chi connectivity index (χ2v) is 4.55. The van der Waals surface area contributed by atoms with Gasteiger partial charge in [-0.3, -0.25) is 4.79 Å². The summed E-state index contributed by atoms with van der Waals surface area (Å²) in [5, 5.41) is 12.4. The van der Waals surface area contributed by atoms with E-state index in [1.54, 1.807) is 12.1 Å². The van der Waals surface area contributed by atoms with Crippen LogP contribution in [-0.4, -0.2) is 30.0 Å². The SMILES string of the molecule is CCC(Cl)CCNC(=O)c1ccc(OC)c(O)c1. The summed E-state index contributed by atoms with van der Waals surface area (Å²) in [5.41, 5.74) is 0.399. The van der Waals surface area contributed by atoms with Crippen LogP contribution in [-0.2, 0) is 0 Å². The predicted molar refractivity (Wildman–Crippen MR) is 71.5 cm³/mol. The number of halogens is 1. The molecule has 2 N–H and O–H groups in total. The zero-order valence-corrected chi connectivity index (χ0v) is 11.3. The molecular formula is C13H18ClNO3.